The Labute approximate surface area is 746 Å². The van der Waals surface area contributed by atoms with Gasteiger partial charge in [-0.15, -0.1) is 24.8 Å². The molecule has 4 aromatic carbocycles. The number of rotatable bonds is 28. The van der Waals surface area contributed by atoms with Crippen LogP contribution in [0.2, 0.25) is 0 Å². The van der Waals surface area contributed by atoms with Gasteiger partial charge in [0.1, 0.15) is 97.4 Å². The second kappa shape index (κ2) is 50.5. The second-order valence-electron chi connectivity index (χ2n) is 32.6. The summed E-state index contributed by atoms with van der Waals surface area (Å²) in [5, 5.41) is 45.3. The molecular weight excluding hydrogens is 1730 g/mol. The van der Waals surface area contributed by atoms with E-state index in [2.05, 4.69) is 15.4 Å². The van der Waals surface area contributed by atoms with Crippen molar-refractivity contribution in [2.24, 2.45) is 39.7 Å². The summed E-state index contributed by atoms with van der Waals surface area (Å²) in [6.07, 6.45) is 1.62. The third-order valence-corrected chi connectivity index (χ3v) is 20.4. The number of carbonyl (C=O) groups is 8. The summed E-state index contributed by atoms with van der Waals surface area (Å²) < 4.78 is 107. The minimum absolute atomic E-state index is 0. The number of hydrogen-bond acceptors (Lipinski definition) is 31. The highest BCUT2D eigenvalue weighted by molar-refractivity contribution is 7.49. The summed E-state index contributed by atoms with van der Waals surface area (Å²) >= 11 is 0. The van der Waals surface area contributed by atoms with Crippen molar-refractivity contribution < 1.29 is 138 Å². The Balaban J connectivity index is 0.000000412. The fourth-order valence-electron chi connectivity index (χ4n) is 12.0. The number of fused-ring (bicyclic) bond motifs is 4. The number of aliphatic hydroxyl groups is 4. The number of esters is 4. The van der Waals surface area contributed by atoms with E-state index in [9.17, 15) is 52.6 Å². The molecule has 0 saturated carbocycles. The van der Waals surface area contributed by atoms with Gasteiger partial charge in [-0.05, 0) is 143 Å². The lowest BCUT2D eigenvalue weighted by Gasteiger charge is -2.23. The van der Waals surface area contributed by atoms with Crippen LogP contribution in [0.3, 0.4) is 0 Å². The first kappa shape index (κ1) is 111. The van der Waals surface area contributed by atoms with Gasteiger partial charge in [-0.25, -0.2) is 37.9 Å². The van der Waals surface area contributed by atoms with Crippen LogP contribution in [0.15, 0.2) is 122 Å². The van der Waals surface area contributed by atoms with Gasteiger partial charge in [0.05, 0.1) is 39.6 Å². The van der Waals surface area contributed by atoms with Crippen LogP contribution in [0, 0.1) is 0 Å². The van der Waals surface area contributed by atoms with Crippen LogP contribution in [0.4, 0.5) is 19.2 Å². The van der Waals surface area contributed by atoms with Crippen molar-refractivity contribution in [3.63, 3.8) is 0 Å². The summed E-state index contributed by atoms with van der Waals surface area (Å²) in [7, 11) is 0.564. The van der Waals surface area contributed by atoms with Gasteiger partial charge in [0, 0.05) is 122 Å². The summed E-state index contributed by atoms with van der Waals surface area (Å²) in [4.78, 5) is 96.0. The fraction of sp³-hybridized carbons (Fsp3) is 0.529. The number of phosphoric acid groups is 2. The summed E-state index contributed by atoms with van der Waals surface area (Å²) in [6.45, 7) is 22.3. The molecule has 4 aromatic heterocycles. The third-order valence-electron chi connectivity index (χ3n) is 17.2. The van der Waals surface area contributed by atoms with Gasteiger partial charge in [-0.3, -0.25) is 36.7 Å². The van der Waals surface area contributed by atoms with E-state index >= 15 is 0 Å². The zero-order valence-corrected chi connectivity index (χ0v) is 77.1. The number of nitrogens with two attached hydrogens (primary N) is 2. The first-order valence-electron chi connectivity index (χ1n) is 39.7. The average molecular weight is 1860 g/mol. The van der Waals surface area contributed by atoms with Crippen molar-refractivity contribution >= 4 is 132 Å². The topological polar surface area (TPSA) is 486 Å². The Kier molecular flexibility index (Phi) is 44.5. The zero-order chi connectivity index (χ0) is 91.5. The molecule has 10 rings (SSSR count). The number of halogens is 2. The predicted octanol–water partition coefficient (Wildman–Crippen LogP) is 11.7. The molecule has 2 amide bonds. The first-order chi connectivity index (χ1) is 57.5. The monoisotopic (exact) mass is 1850 g/mol. The van der Waals surface area contributed by atoms with E-state index in [0.29, 0.717) is 12.8 Å². The molecule has 41 heteroatoms. The highest BCUT2D eigenvalue weighted by Crippen LogP contribution is 2.55. The quantitative estimate of drug-likeness (QED) is 0.00977. The van der Waals surface area contributed by atoms with Crippen LogP contribution in [-0.2, 0) is 152 Å². The number of amides is 2. The number of alkyl carbamates (subject to hydrolysis) is 2. The van der Waals surface area contributed by atoms with Crippen molar-refractivity contribution in [3.05, 3.63) is 144 Å². The van der Waals surface area contributed by atoms with Crippen LogP contribution >= 0.6 is 40.5 Å². The maximum atomic E-state index is 12.9. The Hall–Kier alpha value is -9.24. The molecule has 10 N–H and O–H groups in total. The lowest BCUT2D eigenvalue weighted by atomic mass is 10.1. The van der Waals surface area contributed by atoms with Crippen LogP contribution in [0.5, 0.6) is 0 Å². The molecular formula is C85H126Cl2N8O29P2. The predicted molar refractivity (Wildman–Crippen MR) is 474 cm³/mol. The molecule has 37 nitrogen and oxygen atoms in total. The highest BCUT2D eigenvalue weighted by Gasteiger charge is 2.41. The second-order valence-corrected chi connectivity index (χ2v) is 35.8. The van der Waals surface area contributed by atoms with Crippen LogP contribution in [0.1, 0.15) is 127 Å². The number of para-hydroxylation sites is 4. The van der Waals surface area contributed by atoms with E-state index in [-0.39, 0.29) is 97.9 Å². The van der Waals surface area contributed by atoms with Crippen molar-refractivity contribution in [2.45, 2.75) is 201 Å². The number of phosphoric ester groups is 2. The maximum Gasteiger partial charge on any atom is 0.519 e. The largest absolute Gasteiger partial charge is 0.519 e. The van der Waals surface area contributed by atoms with Gasteiger partial charge in [0.2, 0.25) is 0 Å². The molecule has 0 radical (unpaired) electrons. The van der Waals surface area contributed by atoms with E-state index in [1.165, 1.54) is 0 Å². The molecule has 2 aliphatic heterocycles. The molecule has 10 atom stereocenters. The molecule has 6 unspecified atom stereocenters. The zero-order valence-electron chi connectivity index (χ0n) is 73.7. The molecule has 0 aliphatic carbocycles. The Morgan fingerprint density at radius 1 is 0.444 bits per heavy atom. The van der Waals surface area contributed by atoms with E-state index in [4.69, 9.17) is 91.8 Å². The van der Waals surface area contributed by atoms with Crippen LogP contribution < -0.4 is 22.1 Å². The lowest BCUT2D eigenvalue weighted by Crippen LogP contribution is -2.46. The van der Waals surface area contributed by atoms with Gasteiger partial charge >= 0.3 is 64.0 Å². The van der Waals surface area contributed by atoms with Gasteiger partial charge in [0.25, 0.3) is 0 Å². The number of aryl methyl sites for hydroxylation is 4. The van der Waals surface area contributed by atoms with E-state index in [1.807, 2.05) is 168 Å². The third kappa shape index (κ3) is 36.8. The van der Waals surface area contributed by atoms with Gasteiger partial charge in [-0.1, -0.05) is 80.2 Å². The smallest absolute Gasteiger partial charge is 0.462 e. The van der Waals surface area contributed by atoms with Crippen molar-refractivity contribution in [1.29, 1.82) is 0 Å². The molecule has 0 bridgehead atoms. The van der Waals surface area contributed by atoms with E-state index < -0.39 is 148 Å². The average Bonchev–Trinajstić information content (AvgIpc) is 1.54. The minimum atomic E-state index is -3.62. The summed E-state index contributed by atoms with van der Waals surface area (Å²) in [5.74, 6) is -2.52. The normalized spacial score (nSPS) is 17.5. The number of aromatic nitrogens is 4. The van der Waals surface area contributed by atoms with Crippen molar-refractivity contribution in [2.75, 3.05) is 66.1 Å². The Morgan fingerprint density at radius 2 is 0.714 bits per heavy atom. The molecule has 2 saturated heterocycles. The van der Waals surface area contributed by atoms with Gasteiger partial charge in [-0.2, -0.15) is 0 Å². The number of nitrogens with zero attached hydrogens (tertiary/aromatic N) is 4. The number of aliphatic hydroxyl groups excluding tert-OH is 4. The number of nitrogens with one attached hydrogen (secondary N) is 2. The minimum Gasteiger partial charge on any atom is -0.462 e. The van der Waals surface area contributed by atoms with Gasteiger partial charge < -0.3 is 103 Å². The number of benzene rings is 4. The molecule has 126 heavy (non-hydrogen) atoms. The molecule has 8 aromatic rings. The number of hydrogen-bond donors (Lipinski definition) is 8. The molecule has 704 valence electrons. The van der Waals surface area contributed by atoms with Crippen LogP contribution in [-0.4, -0.2) is 224 Å². The SMILES string of the molecule is C.CC(C)(C)OC(=O)OC(=O)OC(C)(C)C.CCOP1(=O)OCC(COC(=O)[C@@H](Cc2cn(C)c3ccccc23)NC(=O)OC(C)(C)C)O1.CCOP1(=O)OCC(COC(=O)[C@H](N)Cc2cn(C)c3ccccc23)O1.Cl.Cl.Cn1cc(C[C@@H](N)C(=O)OCC(O)CO)c2ccccc21.Cn1cc(C[C@@H](NC(=O)OC(C)(C)C)C(=O)OCC(O)CO)c2ccccc21. The summed E-state index contributed by atoms with van der Waals surface area (Å²) in [5.41, 5.74) is 16.8. The van der Waals surface area contributed by atoms with E-state index in [1.54, 1.807) is 96.9 Å². The summed E-state index contributed by atoms with van der Waals surface area (Å²) in [6, 6.07) is 27.7. The standard InChI is InChI=1S/C22H31N2O8P.C20H28N2O6.C17H23N2O6P.C15H20N2O4.C10H18O5.CH4.2ClH/c1-6-29-33(27)30-14-16(32-33)13-28-20(25)18(23-21(26)31-22(2,3)4)11-15-12-24(5)19-10-8-7-9-17(15)19;1-20(2,3)28-19(26)21-16(18(25)27-12-14(24)11-23)9-13-10-22(4)17-8-6-5-7-15(13)17;1-3-23-26(21)24-11-13(25-26)10-22-17(20)15(18)8-12-9-19(2)16-7-5-4-6-14(12)16;1-17-7-10(12-4-2-3-5-14(12)17)6-13(16)15(20)21-9-11(19)8-18;1-9(2,3)14-7(11)13-8(12)15-10(4,5)6;;;/h7-10,12,16,18H,6,11,13-14H2,1-5H3,(H,23,26);5-8,10,14,16,23-24H,9,11-12H2,1-4H3,(H,21,26);4-7,9,13,15H,3,8,10-11,18H2,1-2H3;2-5,7,11,13,18-19H,6,8-9,16H2,1H3;1-6H3;1H4;2*1H/t16?,18-,33?;14?,16-;13?,15-,26?;11?,13-;;;;/m1111..../s1. The van der Waals surface area contributed by atoms with Gasteiger partial charge in [0.15, 0.2) is 0 Å². The van der Waals surface area contributed by atoms with E-state index in [0.717, 1.165) is 65.9 Å². The first-order valence-corrected chi connectivity index (χ1v) is 42.6. The Morgan fingerprint density at radius 3 is 1.01 bits per heavy atom. The molecule has 2 fully saturated rings. The highest BCUT2D eigenvalue weighted by atomic mass is 35.5. The molecule has 2 aliphatic rings. The Bertz CT molecular complexity index is 4920. The number of carbonyl (C=O) groups excluding carboxylic acids is 8. The fourth-order valence-corrected chi connectivity index (χ4v) is 14.7. The molecule has 0 spiro atoms. The lowest BCUT2D eigenvalue weighted by molar-refractivity contribution is -0.150. The van der Waals surface area contributed by atoms with Crippen molar-refractivity contribution in [1.82, 2.24) is 28.9 Å². The van der Waals surface area contributed by atoms with Crippen LogP contribution in [0.25, 0.3) is 43.6 Å². The van der Waals surface area contributed by atoms with Crippen molar-refractivity contribution in [3.8, 4) is 0 Å². The maximum absolute atomic E-state index is 12.9. The number of ether oxygens (including phenoxy) is 9. The molecule has 6 heterocycles.